The number of piperidine rings is 1. The molecule has 24 heavy (non-hydrogen) atoms. The number of likely N-dealkylation sites (tertiary alicyclic amines) is 1. The molecule has 3 heterocycles. The lowest BCUT2D eigenvalue weighted by molar-refractivity contribution is -0.117. The van der Waals surface area contributed by atoms with Gasteiger partial charge in [0.1, 0.15) is 12.2 Å². The minimum Gasteiger partial charge on any atom is -0.315 e. The van der Waals surface area contributed by atoms with Crippen molar-refractivity contribution in [3.63, 3.8) is 0 Å². The first-order valence-electron chi connectivity index (χ1n) is 8.36. The van der Waals surface area contributed by atoms with E-state index >= 15 is 0 Å². The molecule has 0 saturated carbocycles. The number of nitrogens with one attached hydrogen (secondary N) is 1. The van der Waals surface area contributed by atoms with E-state index in [1.807, 2.05) is 18.6 Å². The van der Waals surface area contributed by atoms with Crippen LogP contribution in [0.15, 0.2) is 11.7 Å². The SMILES string of the molecule is Cc1csc(NC(=O)CN2CCC(c3nncn3C(C)C)CC2)n1. The average Bonchev–Trinajstić information content (AvgIpc) is 3.17. The molecule has 1 N–H and O–H groups in total. The Balaban J connectivity index is 1.50. The Morgan fingerprint density at radius 1 is 1.42 bits per heavy atom. The van der Waals surface area contributed by atoms with Gasteiger partial charge >= 0.3 is 0 Å². The maximum atomic E-state index is 12.1. The van der Waals surface area contributed by atoms with E-state index in [4.69, 9.17) is 0 Å². The van der Waals surface area contributed by atoms with Crippen LogP contribution in [-0.2, 0) is 4.79 Å². The molecule has 0 radical (unpaired) electrons. The molecule has 130 valence electrons. The molecule has 0 spiro atoms. The summed E-state index contributed by atoms with van der Waals surface area (Å²) in [4.78, 5) is 18.6. The van der Waals surface area contributed by atoms with E-state index in [-0.39, 0.29) is 5.91 Å². The maximum Gasteiger partial charge on any atom is 0.240 e. The third kappa shape index (κ3) is 3.99. The number of thiazole rings is 1. The zero-order chi connectivity index (χ0) is 17.1. The van der Waals surface area contributed by atoms with Crippen LogP contribution in [0.4, 0.5) is 5.13 Å². The molecule has 0 atom stereocenters. The first kappa shape index (κ1) is 17.0. The maximum absolute atomic E-state index is 12.1. The summed E-state index contributed by atoms with van der Waals surface area (Å²) >= 11 is 1.46. The Kier molecular flexibility index (Phi) is 5.25. The molecule has 0 bridgehead atoms. The normalized spacial score (nSPS) is 16.7. The van der Waals surface area contributed by atoms with E-state index in [1.165, 1.54) is 11.3 Å². The fourth-order valence-corrected chi connectivity index (χ4v) is 3.77. The Morgan fingerprint density at radius 3 is 2.79 bits per heavy atom. The van der Waals surface area contributed by atoms with Crippen LogP contribution in [-0.4, -0.2) is 50.2 Å². The molecule has 8 heteroatoms. The highest BCUT2D eigenvalue weighted by Crippen LogP contribution is 2.27. The van der Waals surface area contributed by atoms with Gasteiger partial charge in [0.25, 0.3) is 0 Å². The van der Waals surface area contributed by atoms with Gasteiger partial charge in [0.2, 0.25) is 5.91 Å². The number of amides is 1. The predicted octanol–water partition coefficient (Wildman–Crippen LogP) is 2.44. The molecule has 0 aromatic carbocycles. The summed E-state index contributed by atoms with van der Waals surface area (Å²) in [5.41, 5.74) is 0.936. The molecule has 1 amide bonds. The highest BCUT2D eigenvalue weighted by molar-refractivity contribution is 7.13. The predicted molar refractivity (Wildman–Crippen MR) is 94.3 cm³/mol. The van der Waals surface area contributed by atoms with Crippen molar-refractivity contribution in [2.45, 2.75) is 45.6 Å². The van der Waals surface area contributed by atoms with Crippen molar-refractivity contribution in [1.82, 2.24) is 24.6 Å². The number of anilines is 1. The van der Waals surface area contributed by atoms with Gasteiger partial charge in [-0.2, -0.15) is 0 Å². The number of hydrogen-bond acceptors (Lipinski definition) is 6. The van der Waals surface area contributed by atoms with Crippen molar-refractivity contribution in [2.75, 3.05) is 25.0 Å². The second-order valence-corrected chi connectivity index (χ2v) is 7.44. The standard InChI is InChI=1S/C16H24N6OS/c1-11(2)22-10-17-20-15(22)13-4-6-21(7-5-13)8-14(23)19-16-18-12(3)9-24-16/h9-11,13H,4-8H2,1-3H3,(H,18,19,23). The molecule has 2 aromatic heterocycles. The third-order valence-electron chi connectivity index (χ3n) is 4.34. The van der Waals surface area contributed by atoms with Crippen LogP contribution in [0.2, 0.25) is 0 Å². The minimum absolute atomic E-state index is 0.00754. The van der Waals surface area contributed by atoms with Crippen LogP contribution in [0.1, 0.15) is 50.2 Å². The van der Waals surface area contributed by atoms with Gasteiger partial charge in [0.05, 0.1) is 12.2 Å². The topological polar surface area (TPSA) is 75.9 Å². The lowest BCUT2D eigenvalue weighted by atomic mass is 9.95. The summed E-state index contributed by atoms with van der Waals surface area (Å²) in [6, 6.07) is 0.376. The number of nitrogens with zero attached hydrogens (tertiary/aromatic N) is 5. The summed E-state index contributed by atoms with van der Waals surface area (Å²) in [7, 11) is 0. The molecule has 2 aromatic rings. The first-order chi connectivity index (χ1) is 11.5. The first-order valence-corrected chi connectivity index (χ1v) is 9.24. The molecule has 0 unspecified atom stereocenters. The van der Waals surface area contributed by atoms with Crippen molar-refractivity contribution in [3.05, 3.63) is 23.2 Å². The van der Waals surface area contributed by atoms with Gasteiger partial charge in [-0.3, -0.25) is 9.69 Å². The van der Waals surface area contributed by atoms with Crippen LogP contribution < -0.4 is 5.32 Å². The van der Waals surface area contributed by atoms with E-state index in [9.17, 15) is 4.79 Å². The highest BCUT2D eigenvalue weighted by atomic mass is 32.1. The third-order valence-corrected chi connectivity index (χ3v) is 5.22. The second kappa shape index (κ2) is 7.40. The molecule has 1 saturated heterocycles. The molecule has 0 aliphatic carbocycles. The number of carbonyl (C=O) groups is 1. The van der Waals surface area contributed by atoms with Gasteiger partial charge in [0.15, 0.2) is 5.13 Å². The monoisotopic (exact) mass is 348 g/mol. The Labute approximate surface area is 146 Å². The van der Waals surface area contributed by atoms with Gasteiger partial charge in [-0.1, -0.05) is 0 Å². The summed E-state index contributed by atoms with van der Waals surface area (Å²) in [6.07, 6.45) is 3.83. The van der Waals surface area contributed by atoms with Gasteiger partial charge in [0, 0.05) is 17.3 Å². The molecule has 1 aliphatic rings. The molecule has 1 fully saturated rings. The van der Waals surface area contributed by atoms with E-state index in [1.54, 1.807) is 0 Å². The fourth-order valence-electron chi connectivity index (χ4n) is 3.06. The zero-order valence-electron chi connectivity index (χ0n) is 14.4. The van der Waals surface area contributed by atoms with E-state index in [2.05, 4.69) is 43.8 Å². The lowest BCUT2D eigenvalue weighted by Crippen LogP contribution is -2.39. The largest absolute Gasteiger partial charge is 0.315 e. The number of carbonyl (C=O) groups excluding carboxylic acids is 1. The summed E-state index contributed by atoms with van der Waals surface area (Å²) in [6.45, 7) is 8.44. The van der Waals surface area contributed by atoms with Gasteiger partial charge in [-0.15, -0.1) is 21.5 Å². The van der Waals surface area contributed by atoms with Crippen LogP contribution >= 0.6 is 11.3 Å². The van der Waals surface area contributed by atoms with Gasteiger partial charge < -0.3 is 9.88 Å². The Bertz CT molecular complexity index is 686. The summed E-state index contributed by atoms with van der Waals surface area (Å²) in [5.74, 6) is 1.51. The summed E-state index contributed by atoms with van der Waals surface area (Å²) in [5, 5.41) is 13.9. The number of rotatable bonds is 5. The fraction of sp³-hybridized carbons (Fsp3) is 0.625. The van der Waals surface area contributed by atoms with Crippen molar-refractivity contribution < 1.29 is 4.79 Å². The summed E-state index contributed by atoms with van der Waals surface area (Å²) < 4.78 is 2.15. The van der Waals surface area contributed by atoms with Gasteiger partial charge in [-0.25, -0.2) is 4.98 Å². The van der Waals surface area contributed by atoms with Crippen LogP contribution in [0.3, 0.4) is 0 Å². The molecule has 7 nitrogen and oxygen atoms in total. The number of aromatic nitrogens is 4. The Hall–Kier alpha value is -1.80. The van der Waals surface area contributed by atoms with Crippen molar-refractivity contribution >= 4 is 22.4 Å². The lowest BCUT2D eigenvalue weighted by Gasteiger charge is -2.31. The van der Waals surface area contributed by atoms with Gasteiger partial charge in [-0.05, 0) is 46.7 Å². The van der Waals surface area contributed by atoms with E-state index < -0.39 is 0 Å². The van der Waals surface area contributed by atoms with Crippen molar-refractivity contribution in [3.8, 4) is 0 Å². The number of hydrogen-bond donors (Lipinski definition) is 1. The molecule has 1 aliphatic heterocycles. The van der Waals surface area contributed by atoms with Crippen LogP contribution in [0, 0.1) is 6.92 Å². The minimum atomic E-state index is 0.00754. The molecule has 3 rings (SSSR count). The second-order valence-electron chi connectivity index (χ2n) is 6.58. The van der Waals surface area contributed by atoms with Crippen LogP contribution in [0.5, 0.6) is 0 Å². The molecular weight excluding hydrogens is 324 g/mol. The van der Waals surface area contributed by atoms with Crippen LogP contribution in [0.25, 0.3) is 0 Å². The van der Waals surface area contributed by atoms with Crippen molar-refractivity contribution in [1.29, 1.82) is 0 Å². The molecular formula is C16H24N6OS. The average molecular weight is 348 g/mol. The van der Waals surface area contributed by atoms with Crippen molar-refractivity contribution in [2.24, 2.45) is 0 Å². The van der Waals surface area contributed by atoms with E-state index in [0.717, 1.165) is 37.4 Å². The zero-order valence-corrected chi connectivity index (χ0v) is 15.2. The smallest absolute Gasteiger partial charge is 0.240 e. The highest BCUT2D eigenvalue weighted by Gasteiger charge is 2.26. The quantitative estimate of drug-likeness (QED) is 0.898. The number of aryl methyl sites for hydroxylation is 1. The Morgan fingerprint density at radius 2 is 2.17 bits per heavy atom. The van der Waals surface area contributed by atoms with E-state index in [0.29, 0.717) is 23.6 Å².